The van der Waals surface area contributed by atoms with Gasteiger partial charge in [-0.25, -0.2) is 9.59 Å². The molecule has 7 rings (SSSR count). The van der Waals surface area contributed by atoms with E-state index < -0.39 is 37.7 Å². The number of ether oxygens (including phenoxy) is 3. The highest BCUT2D eigenvalue weighted by Crippen LogP contribution is 2.42. The van der Waals surface area contributed by atoms with Crippen LogP contribution in [0, 0.1) is 5.92 Å². The lowest BCUT2D eigenvalue weighted by molar-refractivity contribution is -0.177. The number of hydrogen-bond acceptors (Lipinski definition) is 10. The first-order chi connectivity index (χ1) is 28.7. The maximum absolute atomic E-state index is 13.9. The lowest BCUT2D eigenvalue weighted by Gasteiger charge is -2.44. The van der Waals surface area contributed by atoms with Gasteiger partial charge in [0.2, 0.25) is 11.2 Å². The van der Waals surface area contributed by atoms with E-state index in [9.17, 15) is 24.6 Å². The molecule has 3 N–H and O–H groups in total. The Morgan fingerprint density at radius 2 is 1.56 bits per heavy atom. The first-order valence-electron chi connectivity index (χ1n) is 21.7. The molecule has 3 aliphatic rings. The number of nitrogens with one attached hydrogen (secondary N) is 1. The van der Waals surface area contributed by atoms with Crippen LogP contribution >= 0.6 is 0 Å². The van der Waals surface area contributed by atoms with Crippen LogP contribution < -0.4 is 10.3 Å². The quantitative estimate of drug-likeness (QED) is 0.0568. The fourth-order valence-electron chi connectivity index (χ4n) is 7.97. The third-order valence-corrected chi connectivity index (χ3v) is 17.0. The molecule has 3 atom stereocenters. The van der Waals surface area contributed by atoms with Gasteiger partial charge in [-0.3, -0.25) is 9.69 Å². The smallest absolute Gasteiger partial charge is 0.410 e. The summed E-state index contributed by atoms with van der Waals surface area (Å²) >= 11 is 0. The van der Waals surface area contributed by atoms with Gasteiger partial charge in [-0.05, 0) is 131 Å². The number of nitrogens with zero attached hydrogens (tertiary/aromatic N) is 2. The van der Waals surface area contributed by atoms with Crippen LogP contribution in [0.4, 0.5) is 4.79 Å². The van der Waals surface area contributed by atoms with Crippen molar-refractivity contribution in [3.63, 3.8) is 0 Å². The highest BCUT2D eigenvalue weighted by Gasteiger charge is 2.46. The van der Waals surface area contributed by atoms with Gasteiger partial charge >= 0.3 is 12.1 Å². The van der Waals surface area contributed by atoms with E-state index in [1.807, 2.05) is 26.8 Å². The summed E-state index contributed by atoms with van der Waals surface area (Å²) in [4.78, 5) is 46.7. The third kappa shape index (κ3) is 11.0. The van der Waals surface area contributed by atoms with Crippen molar-refractivity contribution in [2.45, 2.75) is 115 Å². The highest BCUT2D eigenvalue weighted by atomic mass is 28.4. The van der Waals surface area contributed by atoms with Crippen LogP contribution in [-0.4, -0.2) is 96.4 Å². The number of H-pyrrole nitrogens is 1. The fourth-order valence-corrected chi connectivity index (χ4v) is 9.23. The minimum Gasteiger partial charge on any atom is -0.506 e. The van der Waals surface area contributed by atoms with Crippen molar-refractivity contribution in [3.8, 4) is 11.5 Å². The molecule has 3 unspecified atom stereocenters. The number of rotatable bonds is 16. The molecule has 4 heterocycles. The molecular weight excluding hydrogens is 791 g/mol. The molecule has 4 aromatic rings. The molecule has 3 saturated heterocycles. The minimum atomic E-state index is -2.41. The van der Waals surface area contributed by atoms with E-state index in [1.54, 1.807) is 71.6 Å². The third-order valence-electron chi connectivity index (χ3n) is 12.5. The Balaban J connectivity index is 1.11. The van der Waals surface area contributed by atoms with Crippen LogP contribution in [0.3, 0.4) is 0 Å². The largest absolute Gasteiger partial charge is 0.506 e. The molecule has 0 saturated carbocycles. The highest BCUT2D eigenvalue weighted by molar-refractivity contribution is 6.74. The Morgan fingerprint density at radius 1 is 0.885 bits per heavy atom. The van der Waals surface area contributed by atoms with Crippen molar-refractivity contribution >= 4 is 31.3 Å². The summed E-state index contributed by atoms with van der Waals surface area (Å²) in [6.07, 6.45) is 2.86. The summed E-state index contributed by atoms with van der Waals surface area (Å²) in [5.41, 5.74) is -1.09. The molecule has 1 aromatic heterocycles. The number of carbonyl (C=O) groups excluding carboxylic acids is 2. The zero-order chi connectivity index (χ0) is 44.2. The van der Waals surface area contributed by atoms with Gasteiger partial charge in [0.1, 0.15) is 23.2 Å². The van der Waals surface area contributed by atoms with Crippen LogP contribution in [0.25, 0.3) is 10.9 Å². The average Bonchev–Trinajstić information content (AvgIpc) is 3.21. The van der Waals surface area contributed by atoms with Gasteiger partial charge < -0.3 is 38.7 Å². The number of esters is 1. The van der Waals surface area contributed by atoms with Crippen molar-refractivity contribution in [2.24, 2.45) is 5.92 Å². The molecule has 0 aliphatic carbocycles. The van der Waals surface area contributed by atoms with Crippen molar-refractivity contribution in [2.75, 3.05) is 39.3 Å². The Bertz CT molecular complexity index is 2170. The molecule has 0 spiro atoms. The molecule has 3 fully saturated rings. The van der Waals surface area contributed by atoms with E-state index in [0.717, 1.165) is 37.9 Å². The van der Waals surface area contributed by atoms with Crippen molar-refractivity contribution in [1.82, 2.24) is 14.8 Å². The number of benzene rings is 3. The van der Waals surface area contributed by atoms with Gasteiger partial charge in [0.15, 0.2) is 8.32 Å². The van der Waals surface area contributed by atoms with Crippen LogP contribution in [-0.2, 0) is 24.3 Å². The maximum Gasteiger partial charge on any atom is 0.410 e. The number of piperidine rings is 3. The Kier molecular flexibility index (Phi) is 14.1. The summed E-state index contributed by atoms with van der Waals surface area (Å²) in [5.74, 6) is 0.201. The van der Waals surface area contributed by atoms with E-state index in [2.05, 4.69) is 43.7 Å². The zero-order valence-corrected chi connectivity index (χ0v) is 38.2. The summed E-state index contributed by atoms with van der Waals surface area (Å²) in [6, 6.07) is 22.4. The van der Waals surface area contributed by atoms with Crippen LogP contribution in [0.1, 0.15) is 96.4 Å². The maximum atomic E-state index is 13.9. The molecule has 0 radical (unpaired) electrons. The number of fused-ring (bicyclic) bond motifs is 4. The van der Waals surface area contributed by atoms with Gasteiger partial charge in [-0.1, -0.05) is 69.3 Å². The number of amides is 1. The van der Waals surface area contributed by atoms with Crippen LogP contribution in [0.15, 0.2) is 83.7 Å². The number of unbranched alkanes of at least 4 members (excludes halogenated alkanes) is 2. The van der Waals surface area contributed by atoms with Gasteiger partial charge in [0.25, 0.3) is 0 Å². The molecule has 3 aromatic carbocycles. The van der Waals surface area contributed by atoms with Crippen LogP contribution in [0.2, 0.25) is 18.1 Å². The predicted molar refractivity (Wildman–Crippen MR) is 239 cm³/mol. The molecule has 2 bridgehead atoms. The lowest BCUT2D eigenvalue weighted by Crippen LogP contribution is -2.53. The van der Waals surface area contributed by atoms with Crippen molar-refractivity contribution < 1.29 is 38.4 Å². The summed E-state index contributed by atoms with van der Waals surface area (Å²) in [7, 11) is -2.41. The first kappa shape index (κ1) is 45.8. The second kappa shape index (κ2) is 18.7. The number of aromatic hydroxyl groups is 1. The standard InChI is InChI=1S/C48H65N3O9Si/c1-46(2,3)59-45(55)51(32-41(60-61(7,8)47(4,5)6)37-21-23-39(52)43-38(37)22-24-42(53)49-43)27-13-10-14-30-57-36-19-17-35(18-20-36)48(56,34-15-11-9-12-16-34)44(54)58-40-31-50-28-25-33(40)26-29-50/h9,11-12,15-24,33,40-41,52,56H,10,13-14,25-32H2,1-8H3,(H,49,53). The van der Waals surface area contributed by atoms with Gasteiger partial charge in [0.05, 0.1) is 24.8 Å². The Labute approximate surface area is 361 Å². The normalized spacial score (nSPS) is 19.5. The zero-order valence-electron chi connectivity index (χ0n) is 37.2. The monoisotopic (exact) mass is 855 g/mol. The summed E-state index contributed by atoms with van der Waals surface area (Å²) in [6.45, 7) is 20.1. The molecular formula is C48H65N3O9Si. The van der Waals surface area contributed by atoms with E-state index in [1.165, 1.54) is 6.07 Å². The predicted octanol–water partition coefficient (Wildman–Crippen LogP) is 8.66. The number of phenolic OH excluding ortho intramolecular Hbond substituents is 1. The topological polar surface area (TPSA) is 151 Å². The van der Waals surface area contributed by atoms with E-state index in [-0.39, 0.29) is 29.0 Å². The van der Waals surface area contributed by atoms with Crippen molar-refractivity contribution in [1.29, 1.82) is 0 Å². The second-order valence-electron chi connectivity index (χ2n) is 19.2. The average molecular weight is 856 g/mol. The number of aromatic amines is 1. The van der Waals surface area contributed by atoms with E-state index in [4.69, 9.17) is 18.6 Å². The number of hydrogen-bond donors (Lipinski definition) is 3. The fraction of sp³-hybridized carbons (Fsp3) is 0.521. The Morgan fingerprint density at radius 3 is 2.18 bits per heavy atom. The molecule has 13 heteroatoms. The van der Waals surface area contributed by atoms with Gasteiger partial charge in [-0.2, -0.15) is 0 Å². The molecule has 61 heavy (non-hydrogen) atoms. The minimum absolute atomic E-state index is 0.0436. The number of phenols is 1. The number of aliphatic hydroxyl groups is 1. The first-order valence-corrected chi connectivity index (χ1v) is 24.6. The molecule has 3 aliphatic heterocycles. The summed E-state index contributed by atoms with van der Waals surface area (Å²) in [5, 5.41) is 23.3. The Hall–Kier alpha value is -4.69. The van der Waals surface area contributed by atoms with Crippen LogP contribution in [0.5, 0.6) is 11.5 Å². The van der Waals surface area contributed by atoms with Gasteiger partial charge in [0, 0.05) is 24.5 Å². The molecule has 330 valence electrons. The SMILES string of the molecule is CC(C)(C)OC(=O)N(CCCCCOc1ccc(C(O)(C(=O)OC2CN3CCC2CC3)c2ccccc2)cc1)CC(O[Si](C)(C)C(C)(C)C)c1ccc(O)c2[nH]c(=O)ccc12. The lowest BCUT2D eigenvalue weighted by atomic mass is 9.84. The van der Waals surface area contributed by atoms with E-state index >= 15 is 0 Å². The number of carbonyl (C=O) groups is 2. The summed E-state index contributed by atoms with van der Waals surface area (Å²) < 4.78 is 25.1. The molecule has 12 nitrogen and oxygen atoms in total. The number of pyridine rings is 1. The van der Waals surface area contributed by atoms with Gasteiger partial charge in [-0.15, -0.1) is 0 Å². The van der Waals surface area contributed by atoms with E-state index in [0.29, 0.717) is 66.2 Å². The number of aromatic nitrogens is 1. The van der Waals surface area contributed by atoms with Crippen molar-refractivity contribution in [3.05, 3.63) is 106 Å². The molecule has 1 amide bonds. The second-order valence-corrected chi connectivity index (χ2v) is 23.9.